The predicted molar refractivity (Wildman–Crippen MR) is 97.2 cm³/mol. The van der Waals surface area contributed by atoms with Gasteiger partial charge in [0.25, 0.3) is 0 Å². The summed E-state index contributed by atoms with van der Waals surface area (Å²) >= 11 is 0. The summed E-state index contributed by atoms with van der Waals surface area (Å²) in [4.78, 5) is 13.4. The molecule has 130 valence electrons. The van der Waals surface area contributed by atoms with Gasteiger partial charge in [-0.25, -0.2) is 0 Å². The number of anilines is 1. The molecule has 1 aliphatic carbocycles. The van der Waals surface area contributed by atoms with Crippen molar-refractivity contribution in [2.75, 3.05) is 12.4 Å². The second-order valence-corrected chi connectivity index (χ2v) is 7.11. The molecule has 2 aromatic rings. The number of benzene rings is 2. The van der Waals surface area contributed by atoms with Crippen LogP contribution >= 0.6 is 0 Å². The maximum absolute atomic E-state index is 13.4. The number of phenols is 1. The second-order valence-electron chi connectivity index (χ2n) is 7.11. The molecule has 2 aromatic carbocycles. The minimum absolute atomic E-state index is 0.0384. The highest BCUT2D eigenvalue weighted by Crippen LogP contribution is 2.54. The van der Waals surface area contributed by atoms with Crippen LogP contribution in [-0.4, -0.2) is 18.1 Å². The van der Waals surface area contributed by atoms with E-state index >= 15 is 0 Å². The number of aromatic hydroxyl groups is 1. The number of fused-ring (bicyclic) bond motifs is 1. The molecule has 1 fully saturated rings. The zero-order valence-corrected chi connectivity index (χ0v) is 14.6. The molecule has 4 nitrogen and oxygen atoms in total. The lowest BCUT2D eigenvalue weighted by Crippen LogP contribution is -2.42. The second kappa shape index (κ2) is 5.80. The Bertz CT molecular complexity index is 822. The summed E-state index contributed by atoms with van der Waals surface area (Å²) in [6, 6.07) is 11.1. The summed E-state index contributed by atoms with van der Waals surface area (Å²) in [5.74, 6) is 1.31. The SMILES string of the molecule is COc1ccc2c(c1C)NC(=O)C2(c1ccc(O)cc1)C1CCCC1. The van der Waals surface area contributed by atoms with Gasteiger partial charge in [0, 0.05) is 5.56 Å². The topological polar surface area (TPSA) is 58.6 Å². The van der Waals surface area contributed by atoms with Crippen molar-refractivity contribution in [2.24, 2.45) is 5.92 Å². The van der Waals surface area contributed by atoms with Crippen LogP contribution in [0, 0.1) is 12.8 Å². The molecule has 2 aliphatic rings. The Morgan fingerprint density at radius 3 is 2.44 bits per heavy atom. The molecule has 0 bridgehead atoms. The fraction of sp³-hybridized carbons (Fsp3) is 0.381. The van der Waals surface area contributed by atoms with Gasteiger partial charge in [0.15, 0.2) is 0 Å². The molecule has 1 amide bonds. The molecule has 0 spiro atoms. The molecule has 1 unspecified atom stereocenters. The van der Waals surface area contributed by atoms with E-state index in [9.17, 15) is 9.90 Å². The molecular formula is C21H23NO3. The first kappa shape index (κ1) is 16.0. The number of ether oxygens (including phenoxy) is 1. The van der Waals surface area contributed by atoms with E-state index in [-0.39, 0.29) is 17.6 Å². The average Bonchev–Trinajstić information content (AvgIpc) is 3.23. The van der Waals surface area contributed by atoms with Crippen LogP contribution in [0.15, 0.2) is 36.4 Å². The monoisotopic (exact) mass is 337 g/mol. The molecule has 4 heteroatoms. The lowest BCUT2D eigenvalue weighted by Gasteiger charge is -2.34. The molecule has 4 rings (SSSR count). The van der Waals surface area contributed by atoms with E-state index in [1.807, 2.05) is 31.2 Å². The maximum atomic E-state index is 13.4. The van der Waals surface area contributed by atoms with Gasteiger partial charge in [-0.2, -0.15) is 0 Å². The molecule has 1 aliphatic heterocycles. The number of carbonyl (C=O) groups excluding carboxylic acids is 1. The fourth-order valence-corrected chi connectivity index (χ4v) is 4.75. The quantitative estimate of drug-likeness (QED) is 0.885. The summed E-state index contributed by atoms with van der Waals surface area (Å²) in [7, 11) is 1.65. The van der Waals surface area contributed by atoms with Gasteiger partial charge in [0.05, 0.1) is 12.8 Å². The van der Waals surface area contributed by atoms with E-state index in [1.54, 1.807) is 19.2 Å². The first-order valence-electron chi connectivity index (χ1n) is 8.88. The highest BCUT2D eigenvalue weighted by Gasteiger charge is 2.54. The van der Waals surface area contributed by atoms with E-state index in [4.69, 9.17) is 4.74 Å². The smallest absolute Gasteiger partial charge is 0.239 e. The van der Waals surface area contributed by atoms with Crippen molar-refractivity contribution >= 4 is 11.6 Å². The average molecular weight is 337 g/mol. The van der Waals surface area contributed by atoms with Gasteiger partial charge in [-0.15, -0.1) is 0 Å². The third kappa shape index (κ3) is 2.16. The molecule has 1 saturated carbocycles. The highest BCUT2D eigenvalue weighted by molar-refractivity contribution is 6.10. The Morgan fingerprint density at radius 2 is 1.80 bits per heavy atom. The standard InChI is InChI=1S/C21H23NO3/c1-13-18(25-2)12-11-17-19(13)22-20(24)21(17,14-5-3-4-6-14)15-7-9-16(23)10-8-15/h7-12,14,23H,3-6H2,1-2H3,(H,22,24). The molecule has 1 heterocycles. The third-order valence-electron chi connectivity index (χ3n) is 5.95. The summed E-state index contributed by atoms with van der Waals surface area (Å²) in [6.45, 7) is 1.99. The zero-order chi connectivity index (χ0) is 17.6. The van der Waals surface area contributed by atoms with Crippen molar-refractivity contribution in [1.82, 2.24) is 0 Å². The zero-order valence-electron chi connectivity index (χ0n) is 14.6. The molecule has 0 saturated heterocycles. The Hall–Kier alpha value is -2.49. The molecule has 1 atom stereocenters. The first-order valence-corrected chi connectivity index (χ1v) is 8.88. The molecular weight excluding hydrogens is 314 g/mol. The number of amides is 1. The molecule has 0 radical (unpaired) electrons. The number of nitrogens with one attached hydrogen (secondary N) is 1. The minimum atomic E-state index is -0.684. The number of hydrogen-bond donors (Lipinski definition) is 2. The van der Waals surface area contributed by atoms with Gasteiger partial charge < -0.3 is 15.2 Å². The van der Waals surface area contributed by atoms with Gasteiger partial charge in [-0.3, -0.25) is 4.79 Å². The number of hydrogen-bond acceptors (Lipinski definition) is 3. The van der Waals surface area contributed by atoms with Crippen LogP contribution in [-0.2, 0) is 10.2 Å². The number of rotatable bonds is 3. The van der Waals surface area contributed by atoms with E-state index in [0.29, 0.717) is 0 Å². The van der Waals surface area contributed by atoms with E-state index in [2.05, 4.69) is 5.32 Å². The number of carbonyl (C=O) groups is 1. The maximum Gasteiger partial charge on any atom is 0.239 e. The normalized spacial score (nSPS) is 22.7. The number of phenolic OH excluding ortho intramolecular Hbond substituents is 1. The lowest BCUT2D eigenvalue weighted by atomic mass is 9.65. The highest BCUT2D eigenvalue weighted by atomic mass is 16.5. The van der Waals surface area contributed by atoms with Crippen molar-refractivity contribution in [3.8, 4) is 11.5 Å². The van der Waals surface area contributed by atoms with Crippen molar-refractivity contribution in [1.29, 1.82) is 0 Å². The van der Waals surface area contributed by atoms with Crippen LogP contribution in [0.3, 0.4) is 0 Å². The molecule has 25 heavy (non-hydrogen) atoms. The molecule has 0 aromatic heterocycles. The first-order chi connectivity index (χ1) is 12.1. The van der Waals surface area contributed by atoms with E-state index in [0.717, 1.165) is 53.8 Å². The van der Waals surface area contributed by atoms with Crippen LogP contribution in [0.5, 0.6) is 11.5 Å². The van der Waals surface area contributed by atoms with Crippen LogP contribution in [0.1, 0.15) is 42.4 Å². The van der Waals surface area contributed by atoms with Crippen LogP contribution < -0.4 is 10.1 Å². The Morgan fingerprint density at radius 1 is 1.12 bits per heavy atom. The summed E-state index contributed by atoms with van der Waals surface area (Å²) in [6.07, 6.45) is 4.39. The van der Waals surface area contributed by atoms with Crippen LogP contribution in [0.25, 0.3) is 0 Å². The lowest BCUT2D eigenvalue weighted by molar-refractivity contribution is -0.121. The van der Waals surface area contributed by atoms with Crippen LogP contribution in [0.4, 0.5) is 5.69 Å². The van der Waals surface area contributed by atoms with Gasteiger partial charge in [-0.1, -0.05) is 31.0 Å². The van der Waals surface area contributed by atoms with E-state index in [1.165, 1.54) is 0 Å². The van der Waals surface area contributed by atoms with Gasteiger partial charge in [0.1, 0.15) is 16.9 Å². The van der Waals surface area contributed by atoms with Gasteiger partial charge >= 0.3 is 0 Å². The Kier molecular flexibility index (Phi) is 3.71. The van der Waals surface area contributed by atoms with Gasteiger partial charge in [0.2, 0.25) is 5.91 Å². The van der Waals surface area contributed by atoms with Crippen molar-refractivity contribution < 1.29 is 14.6 Å². The van der Waals surface area contributed by atoms with Crippen molar-refractivity contribution in [3.05, 3.63) is 53.1 Å². The Labute approximate surface area is 147 Å². The Balaban J connectivity index is 1.98. The summed E-state index contributed by atoms with van der Waals surface area (Å²) in [5, 5.41) is 12.8. The summed E-state index contributed by atoms with van der Waals surface area (Å²) < 4.78 is 5.44. The van der Waals surface area contributed by atoms with Gasteiger partial charge in [-0.05, 0) is 55.0 Å². The molecule has 2 N–H and O–H groups in total. The fourth-order valence-electron chi connectivity index (χ4n) is 4.75. The minimum Gasteiger partial charge on any atom is -0.508 e. The van der Waals surface area contributed by atoms with Crippen LogP contribution in [0.2, 0.25) is 0 Å². The van der Waals surface area contributed by atoms with E-state index < -0.39 is 5.41 Å². The largest absolute Gasteiger partial charge is 0.508 e. The van der Waals surface area contributed by atoms with Crippen molar-refractivity contribution in [2.45, 2.75) is 38.0 Å². The predicted octanol–water partition coefficient (Wildman–Crippen LogP) is 4.14. The number of methoxy groups -OCH3 is 1. The summed E-state index contributed by atoms with van der Waals surface area (Å²) in [5.41, 5.74) is 3.15. The third-order valence-corrected chi connectivity index (χ3v) is 5.95. The van der Waals surface area contributed by atoms with Crippen molar-refractivity contribution in [3.63, 3.8) is 0 Å².